The van der Waals surface area contributed by atoms with Crippen molar-refractivity contribution in [2.75, 3.05) is 46.8 Å². The van der Waals surface area contributed by atoms with Gasteiger partial charge in [-0.2, -0.15) is 0 Å². The molecule has 6 rings (SSSR count). The van der Waals surface area contributed by atoms with Crippen LogP contribution in [0.1, 0.15) is 91.6 Å². The number of hydrogen-bond acceptors (Lipinski definition) is 13. The summed E-state index contributed by atoms with van der Waals surface area (Å²) in [5, 5.41) is 17.1. The lowest BCUT2D eigenvalue weighted by atomic mass is 9.52. The van der Waals surface area contributed by atoms with Crippen LogP contribution in [-0.2, 0) is 26.9 Å². The molecule has 0 saturated heterocycles. The van der Waals surface area contributed by atoms with Crippen LogP contribution in [0, 0.1) is 11.3 Å². The van der Waals surface area contributed by atoms with Crippen molar-refractivity contribution in [2.24, 2.45) is 11.3 Å². The van der Waals surface area contributed by atoms with Gasteiger partial charge in [0.2, 0.25) is 5.78 Å². The van der Waals surface area contributed by atoms with Gasteiger partial charge in [0.05, 0.1) is 23.8 Å². The van der Waals surface area contributed by atoms with E-state index in [9.17, 15) is 9.90 Å². The fourth-order valence-corrected chi connectivity index (χ4v) is 9.89. The maximum absolute atomic E-state index is 15.7. The van der Waals surface area contributed by atoms with E-state index >= 15 is 9.59 Å². The second-order valence-corrected chi connectivity index (χ2v) is 23.2. The van der Waals surface area contributed by atoms with Gasteiger partial charge in [0.1, 0.15) is 29.3 Å². The van der Waals surface area contributed by atoms with E-state index in [1.54, 1.807) is 40.0 Å². The van der Waals surface area contributed by atoms with E-state index in [2.05, 4.69) is 5.16 Å². The van der Waals surface area contributed by atoms with Crippen molar-refractivity contribution in [3.8, 4) is 11.6 Å². The first-order valence-corrected chi connectivity index (χ1v) is 22.2. The van der Waals surface area contributed by atoms with E-state index in [-0.39, 0.29) is 54.4 Å². The lowest BCUT2D eigenvalue weighted by Gasteiger charge is -2.58. The van der Waals surface area contributed by atoms with Crippen molar-refractivity contribution in [1.29, 1.82) is 0 Å². The topological polar surface area (TPSA) is 150 Å². The van der Waals surface area contributed by atoms with Crippen LogP contribution in [0.15, 0.2) is 58.3 Å². The molecule has 1 N–H and O–H groups in total. The number of ketones is 2. The molecule has 1 heterocycles. The molecule has 0 unspecified atom stereocenters. The zero-order chi connectivity index (χ0) is 42.0. The van der Waals surface area contributed by atoms with Gasteiger partial charge in [-0.1, -0.05) is 51.1 Å². The Morgan fingerprint density at radius 1 is 1.00 bits per heavy atom. The van der Waals surface area contributed by atoms with Crippen molar-refractivity contribution in [3.63, 3.8) is 0 Å². The monoisotopic (exact) mass is 803 g/mol. The molecule has 3 aliphatic rings. The minimum atomic E-state index is -2.98. The molecule has 0 saturated carbocycles. The third kappa shape index (κ3) is 7.19. The largest absolute Gasteiger partial charge is 0.514 e. The van der Waals surface area contributed by atoms with Gasteiger partial charge < -0.3 is 37.9 Å². The van der Waals surface area contributed by atoms with Gasteiger partial charge in [0.15, 0.2) is 25.5 Å². The molecule has 0 bridgehead atoms. The summed E-state index contributed by atoms with van der Waals surface area (Å²) in [4.78, 5) is 48.1. The first kappa shape index (κ1) is 42.1. The lowest BCUT2D eigenvalue weighted by molar-refractivity contribution is -0.0695. The van der Waals surface area contributed by atoms with Crippen molar-refractivity contribution in [2.45, 2.75) is 96.4 Å². The van der Waals surface area contributed by atoms with Crippen LogP contribution >= 0.6 is 0 Å². The number of carbonyl (C=O) groups excluding carboxylic acids is 3. The molecule has 0 spiro atoms. The lowest BCUT2D eigenvalue weighted by Crippen LogP contribution is -2.66. The molecule has 57 heavy (non-hydrogen) atoms. The molecule has 3 aliphatic carbocycles. The second kappa shape index (κ2) is 14.7. The highest BCUT2D eigenvalue weighted by molar-refractivity contribution is 6.74. The van der Waals surface area contributed by atoms with Crippen molar-refractivity contribution >= 4 is 31.7 Å². The molecule has 2 aromatic carbocycles. The summed E-state index contributed by atoms with van der Waals surface area (Å²) in [5.41, 5.74) is -1.77. The van der Waals surface area contributed by atoms with Crippen LogP contribution in [0.5, 0.6) is 11.6 Å². The van der Waals surface area contributed by atoms with Gasteiger partial charge in [0.25, 0.3) is 5.88 Å². The Morgan fingerprint density at radius 3 is 2.25 bits per heavy atom. The molecule has 0 aliphatic heterocycles. The quantitative estimate of drug-likeness (QED) is 0.120. The van der Waals surface area contributed by atoms with Gasteiger partial charge in [-0.25, -0.2) is 4.79 Å². The normalized spacial score (nSPS) is 23.4. The van der Waals surface area contributed by atoms with E-state index in [1.807, 2.05) is 102 Å². The van der Waals surface area contributed by atoms with Crippen LogP contribution in [0.2, 0.25) is 18.1 Å². The molecule has 0 radical (unpaired) electrons. The Hall–Kier alpha value is -4.50. The van der Waals surface area contributed by atoms with Crippen LogP contribution in [-0.4, -0.2) is 94.3 Å². The summed E-state index contributed by atoms with van der Waals surface area (Å²) < 4.78 is 36.8. The van der Waals surface area contributed by atoms with E-state index in [1.165, 1.54) is 0 Å². The Morgan fingerprint density at radius 2 is 1.67 bits per heavy atom. The van der Waals surface area contributed by atoms with E-state index in [4.69, 9.17) is 27.9 Å². The van der Waals surface area contributed by atoms with Crippen molar-refractivity contribution in [3.05, 3.63) is 81.8 Å². The standard InChI is InChI=1S/C43H57N3O10Si/c1-40(2,3)54-39(50)53-29-20-19-28(45(7)8)26-21-42(24-51-11)22-27-33(46(9)10)35-31(38(44-55-35)52-23-25-17-15-14-16-18-25)36(48)43(27,56-57(12,13)41(4,5)6)37(49)32(42)34(47)30(26)29/h14-20,27,33,49H,21-24H2,1-13H3/t27-,33-,42-,43+/m0/s1. The van der Waals surface area contributed by atoms with Crippen molar-refractivity contribution in [1.82, 2.24) is 10.1 Å². The average molecular weight is 804 g/mol. The number of rotatable bonds is 10. The number of aliphatic hydroxyl groups is 1. The van der Waals surface area contributed by atoms with E-state index in [0.29, 0.717) is 11.3 Å². The predicted octanol–water partition coefficient (Wildman–Crippen LogP) is 8.10. The van der Waals surface area contributed by atoms with Crippen LogP contribution in [0.3, 0.4) is 0 Å². The molecule has 1 aromatic heterocycles. The highest BCUT2D eigenvalue weighted by Gasteiger charge is 2.70. The fourth-order valence-electron chi connectivity index (χ4n) is 8.44. The van der Waals surface area contributed by atoms with Crippen LogP contribution < -0.4 is 14.4 Å². The first-order valence-electron chi connectivity index (χ1n) is 19.3. The SMILES string of the molecule is COC[C@@]12Cc3c(N(C)C)ccc(OC(=O)OC(C)(C)C)c3C(=O)C1=C(O)[C@]1(O[Si](C)(C)C(C)(C)C)C(=O)c3c(OCc4ccccc4)noc3[C@@H](N(C)C)[C@@H]1C2. The molecule has 14 heteroatoms. The number of Topliss-reactive ketones (excluding diaryl/α,β-unsaturated/α-hetero) is 2. The number of aliphatic hydroxyl groups excluding tert-OH is 1. The third-order valence-electron chi connectivity index (χ3n) is 11.9. The Kier molecular flexibility index (Phi) is 10.9. The maximum Gasteiger partial charge on any atom is 0.514 e. The van der Waals surface area contributed by atoms with Gasteiger partial charge >= 0.3 is 6.16 Å². The van der Waals surface area contributed by atoms with Gasteiger partial charge in [-0.3, -0.25) is 14.5 Å². The summed E-state index contributed by atoms with van der Waals surface area (Å²) in [7, 11) is 6.05. The van der Waals surface area contributed by atoms with E-state index in [0.717, 1.165) is 11.3 Å². The summed E-state index contributed by atoms with van der Waals surface area (Å²) >= 11 is 0. The second-order valence-electron chi connectivity index (χ2n) is 18.5. The summed E-state index contributed by atoms with van der Waals surface area (Å²) in [6, 6.07) is 12.2. The third-order valence-corrected chi connectivity index (χ3v) is 16.3. The van der Waals surface area contributed by atoms with Crippen LogP contribution in [0.25, 0.3) is 0 Å². The maximum atomic E-state index is 15.7. The number of fused-ring (bicyclic) bond motifs is 4. The molecule has 308 valence electrons. The molecular weight excluding hydrogens is 747 g/mol. The Bertz CT molecular complexity index is 2090. The van der Waals surface area contributed by atoms with Gasteiger partial charge in [-0.05, 0) is 94.3 Å². The zero-order valence-corrected chi connectivity index (χ0v) is 36.5. The number of benzene rings is 2. The highest BCUT2D eigenvalue weighted by atomic mass is 28.4. The molecule has 13 nitrogen and oxygen atoms in total. The molecule has 0 fully saturated rings. The number of anilines is 1. The highest BCUT2D eigenvalue weighted by Crippen LogP contribution is 2.63. The smallest absolute Gasteiger partial charge is 0.508 e. The number of ether oxygens (including phenoxy) is 4. The average Bonchev–Trinajstić information content (AvgIpc) is 3.51. The minimum Gasteiger partial charge on any atom is -0.508 e. The Balaban J connectivity index is 1.64. The predicted molar refractivity (Wildman–Crippen MR) is 217 cm³/mol. The number of hydrogen-bond donors (Lipinski definition) is 1. The Labute approximate surface area is 336 Å². The minimum absolute atomic E-state index is 0.0192. The number of aromatic nitrogens is 1. The van der Waals surface area contributed by atoms with Gasteiger partial charge in [-0.15, -0.1) is 0 Å². The summed E-state index contributed by atoms with van der Waals surface area (Å²) in [6.07, 6.45) is -0.600. The molecule has 4 atom stereocenters. The fraction of sp³-hybridized carbons (Fsp3) is 0.535. The zero-order valence-electron chi connectivity index (χ0n) is 35.5. The van der Waals surface area contributed by atoms with E-state index < -0.39 is 65.4 Å². The first-order chi connectivity index (χ1) is 26.5. The molecular formula is C43H57N3O10Si. The molecule has 0 amide bonds. The number of methoxy groups -OCH3 is 1. The summed E-state index contributed by atoms with van der Waals surface area (Å²) in [6.45, 7) is 15.4. The number of nitrogens with zero attached hydrogens (tertiary/aromatic N) is 3. The van der Waals surface area contributed by atoms with Crippen molar-refractivity contribution < 1.29 is 47.4 Å². The summed E-state index contributed by atoms with van der Waals surface area (Å²) in [5.74, 6) is -2.24. The van der Waals surface area contributed by atoms with Gasteiger partial charge in [0, 0.05) is 38.2 Å². The van der Waals surface area contributed by atoms with Crippen LogP contribution in [0.4, 0.5) is 10.5 Å². The number of carbonyl (C=O) groups is 3. The molecule has 3 aromatic rings.